The van der Waals surface area contributed by atoms with E-state index >= 15 is 0 Å². The normalized spacial score (nSPS) is 14.7. The molecule has 7 heteroatoms. The van der Waals surface area contributed by atoms with Crippen LogP contribution in [0.25, 0.3) is 22.4 Å². The summed E-state index contributed by atoms with van der Waals surface area (Å²) in [5, 5.41) is 9.88. The molecule has 0 spiro atoms. The Hall–Kier alpha value is -2.93. The van der Waals surface area contributed by atoms with Crippen molar-refractivity contribution in [3.63, 3.8) is 0 Å². The first kappa shape index (κ1) is 16.5. The van der Waals surface area contributed by atoms with Gasteiger partial charge in [0.1, 0.15) is 17.0 Å². The lowest BCUT2D eigenvalue weighted by atomic mass is 10.1. The third kappa shape index (κ3) is 3.13. The summed E-state index contributed by atoms with van der Waals surface area (Å²) < 4.78 is 7.46. The Morgan fingerprint density at radius 1 is 1.23 bits per heavy atom. The summed E-state index contributed by atoms with van der Waals surface area (Å²) in [6, 6.07) is 7.08. The van der Waals surface area contributed by atoms with Gasteiger partial charge in [-0.1, -0.05) is 18.2 Å². The van der Waals surface area contributed by atoms with Gasteiger partial charge in [0.25, 0.3) is 0 Å². The third-order valence-corrected chi connectivity index (χ3v) is 4.44. The van der Waals surface area contributed by atoms with Crippen LogP contribution < -0.4 is 4.90 Å². The molecular formula is C19H21N5O2. The van der Waals surface area contributed by atoms with Crippen LogP contribution in [0, 0.1) is 0 Å². The lowest BCUT2D eigenvalue weighted by Gasteiger charge is -2.27. The van der Waals surface area contributed by atoms with Crippen LogP contribution in [0.15, 0.2) is 43.2 Å². The van der Waals surface area contributed by atoms with Crippen LogP contribution in [-0.4, -0.2) is 50.9 Å². The van der Waals surface area contributed by atoms with Crippen molar-refractivity contribution in [3.05, 3.63) is 43.2 Å². The number of allylic oxidation sites excluding steroid dienone is 1. The molecule has 1 N–H and O–H groups in total. The number of phenolic OH excluding ortho intramolecular Hbond substituents is 1. The lowest BCUT2D eigenvalue weighted by molar-refractivity contribution is 0.122. The minimum Gasteiger partial charge on any atom is -0.508 e. The van der Waals surface area contributed by atoms with Crippen LogP contribution in [0.2, 0.25) is 0 Å². The maximum Gasteiger partial charge on any atom is 0.228 e. The van der Waals surface area contributed by atoms with E-state index in [1.165, 1.54) is 0 Å². The van der Waals surface area contributed by atoms with Gasteiger partial charge in [-0.05, 0) is 18.6 Å². The second-order valence-electron chi connectivity index (χ2n) is 6.21. The molecule has 134 valence electrons. The van der Waals surface area contributed by atoms with Gasteiger partial charge in [-0.2, -0.15) is 4.98 Å². The highest BCUT2D eigenvalue weighted by Gasteiger charge is 2.20. The molecule has 3 heterocycles. The topological polar surface area (TPSA) is 76.3 Å². The Morgan fingerprint density at radius 2 is 2.08 bits per heavy atom. The molecule has 1 aliphatic heterocycles. The maximum atomic E-state index is 9.88. The Morgan fingerprint density at radius 3 is 2.85 bits per heavy atom. The fourth-order valence-corrected chi connectivity index (χ4v) is 3.09. The predicted octanol–water partition coefficient (Wildman–Crippen LogP) is 2.61. The van der Waals surface area contributed by atoms with Crippen molar-refractivity contribution >= 4 is 17.1 Å². The Kier molecular flexibility index (Phi) is 4.53. The van der Waals surface area contributed by atoms with Crippen molar-refractivity contribution < 1.29 is 9.84 Å². The zero-order chi connectivity index (χ0) is 17.9. The largest absolute Gasteiger partial charge is 0.508 e. The van der Waals surface area contributed by atoms with Crippen LogP contribution >= 0.6 is 0 Å². The monoisotopic (exact) mass is 351 g/mol. The number of aromatic nitrogens is 4. The van der Waals surface area contributed by atoms with E-state index in [1.807, 2.05) is 22.8 Å². The molecule has 1 saturated heterocycles. The molecule has 1 aliphatic rings. The van der Waals surface area contributed by atoms with E-state index in [1.54, 1.807) is 18.5 Å². The zero-order valence-electron chi connectivity index (χ0n) is 14.5. The number of ether oxygens (including phenoxy) is 1. The van der Waals surface area contributed by atoms with E-state index in [-0.39, 0.29) is 5.75 Å². The summed E-state index contributed by atoms with van der Waals surface area (Å²) in [7, 11) is 0. The van der Waals surface area contributed by atoms with Gasteiger partial charge in [0.05, 0.1) is 19.5 Å². The SMILES string of the molecule is C=CCCn1cnc2c(-c3cccc(O)c3)nc(N3CCOCC3)nc21. The summed E-state index contributed by atoms with van der Waals surface area (Å²) in [6.07, 6.45) is 4.51. The molecule has 2 aromatic heterocycles. The van der Waals surface area contributed by atoms with E-state index < -0.39 is 0 Å². The number of nitrogens with zero attached hydrogens (tertiary/aromatic N) is 5. The van der Waals surface area contributed by atoms with E-state index in [0.717, 1.165) is 48.5 Å². The molecule has 0 aliphatic carbocycles. The molecule has 0 radical (unpaired) electrons. The van der Waals surface area contributed by atoms with E-state index in [4.69, 9.17) is 14.7 Å². The highest BCUT2D eigenvalue weighted by Crippen LogP contribution is 2.29. The highest BCUT2D eigenvalue weighted by atomic mass is 16.5. The van der Waals surface area contributed by atoms with E-state index in [0.29, 0.717) is 19.2 Å². The van der Waals surface area contributed by atoms with E-state index in [9.17, 15) is 5.11 Å². The first-order valence-electron chi connectivity index (χ1n) is 8.72. The highest BCUT2D eigenvalue weighted by molar-refractivity contribution is 5.88. The van der Waals surface area contributed by atoms with Crippen molar-refractivity contribution in [2.45, 2.75) is 13.0 Å². The molecular weight excluding hydrogens is 330 g/mol. The molecule has 0 unspecified atom stereocenters. The minimum atomic E-state index is 0.202. The maximum absolute atomic E-state index is 9.88. The van der Waals surface area contributed by atoms with Crippen molar-refractivity contribution in [3.8, 4) is 17.0 Å². The van der Waals surface area contributed by atoms with Gasteiger partial charge in [-0.15, -0.1) is 6.58 Å². The number of aromatic hydroxyl groups is 1. The van der Waals surface area contributed by atoms with Crippen LogP contribution in [0.5, 0.6) is 5.75 Å². The first-order valence-corrected chi connectivity index (χ1v) is 8.72. The number of hydrogen-bond acceptors (Lipinski definition) is 6. The first-order chi connectivity index (χ1) is 12.8. The number of phenols is 1. The zero-order valence-corrected chi connectivity index (χ0v) is 14.5. The summed E-state index contributed by atoms with van der Waals surface area (Å²) in [4.78, 5) is 16.2. The number of morpholine rings is 1. The number of benzene rings is 1. The Bertz CT molecular complexity index is 931. The number of aryl methyl sites for hydroxylation is 1. The molecule has 7 nitrogen and oxygen atoms in total. The number of hydrogen-bond donors (Lipinski definition) is 1. The van der Waals surface area contributed by atoms with Crippen LogP contribution in [0.1, 0.15) is 6.42 Å². The van der Waals surface area contributed by atoms with Crippen molar-refractivity contribution in [1.29, 1.82) is 0 Å². The van der Waals surface area contributed by atoms with E-state index in [2.05, 4.69) is 16.5 Å². The molecule has 1 aromatic carbocycles. The fraction of sp³-hybridized carbons (Fsp3) is 0.316. The minimum absolute atomic E-state index is 0.202. The molecule has 0 amide bonds. The van der Waals surface area contributed by atoms with Crippen LogP contribution in [0.4, 0.5) is 5.95 Å². The lowest BCUT2D eigenvalue weighted by Crippen LogP contribution is -2.37. The van der Waals surface area contributed by atoms with Crippen molar-refractivity contribution in [1.82, 2.24) is 19.5 Å². The molecule has 0 atom stereocenters. The van der Waals surface area contributed by atoms with Gasteiger partial charge in [0.2, 0.25) is 5.95 Å². The molecule has 0 bridgehead atoms. The van der Waals surface area contributed by atoms with Crippen LogP contribution in [-0.2, 0) is 11.3 Å². The van der Waals surface area contributed by atoms with Crippen molar-refractivity contribution in [2.75, 3.05) is 31.2 Å². The van der Waals surface area contributed by atoms with Gasteiger partial charge in [0.15, 0.2) is 5.65 Å². The number of rotatable bonds is 5. The van der Waals surface area contributed by atoms with Crippen LogP contribution in [0.3, 0.4) is 0 Å². The smallest absolute Gasteiger partial charge is 0.228 e. The second kappa shape index (κ2) is 7.13. The molecule has 0 saturated carbocycles. The van der Waals surface area contributed by atoms with Gasteiger partial charge in [-0.3, -0.25) is 0 Å². The summed E-state index contributed by atoms with van der Waals surface area (Å²) >= 11 is 0. The van der Waals surface area contributed by atoms with Gasteiger partial charge in [0, 0.05) is 25.2 Å². The third-order valence-electron chi connectivity index (χ3n) is 4.44. The fourth-order valence-electron chi connectivity index (χ4n) is 3.09. The standard InChI is InChI=1S/C19H21N5O2/c1-2-3-7-24-13-20-17-16(14-5-4-6-15(25)12-14)21-19(22-18(17)24)23-8-10-26-11-9-23/h2,4-6,12-13,25H,1,3,7-11H2. The average Bonchev–Trinajstić information content (AvgIpc) is 3.09. The van der Waals surface area contributed by atoms with Gasteiger partial charge >= 0.3 is 0 Å². The van der Waals surface area contributed by atoms with Gasteiger partial charge < -0.3 is 19.3 Å². The quantitative estimate of drug-likeness (QED) is 0.712. The number of anilines is 1. The summed E-state index contributed by atoms with van der Waals surface area (Å²) in [5.74, 6) is 0.868. The Labute approximate surface area is 151 Å². The number of imidazole rings is 1. The number of fused-ring (bicyclic) bond motifs is 1. The molecule has 1 fully saturated rings. The average molecular weight is 351 g/mol. The Balaban J connectivity index is 1.87. The molecule has 3 aromatic rings. The second-order valence-corrected chi connectivity index (χ2v) is 6.21. The predicted molar refractivity (Wildman–Crippen MR) is 100 cm³/mol. The summed E-state index contributed by atoms with van der Waals surface area (Å²) in [5.41, 5.74) is 3.07. The molecule has 4 rings (SSSR count). The van der Waals surface area contributed by atoms with Crippen molar-refractivity contribution in [2.24, 2.45) is 0 Å². The van der Waals surface area contributed by atoms with Gasteiger partial charge in [-0.25, -0.2) is 9.97 Å². The summed E-state index contributed by atoms with van der Waals surface area (Å²) in [6.45, 7) is 7.39. The molecule has 26 heavy (non-hydrogen) atoms.